The van der Waals surface area contributed by atoms with Gasteiger partial charge in [-0.25, -0.2) is 0 Å². The molecule has 0 saturated carbocycles. The molecule has 0 bridgehead atoms. The third-order valence-corrected chi connectivity index (χ3v) is 2.60. The van der Waals surface area contributed by atoms with E-state index >= 15 is 0 Å². The first kappa shape index (κ1) is 11.5. The van der Waals surface area contributed by atoms with Gasteiger partial charge in [0.25, 0.3) is 11.6 Å². The Bertz CT molecular complexity index is 542. The van der Waals surface area contributed by atoms with Gasteiger partial charge in [0.1, 0.15) is 0 Å². The summed E-state index contributed by atoms with van der Waals surface area (Å²) in [5.41, 5.74) is 0.761. The van der Waals surface area contributed by atoms with Crippen LogP contribution in [0.15, 0.2) is 23.3 Å². The second-order valence-electron chi connectivity index (χ2n) is 3.61. The van der Waals surface area contributed by atoms with E-state index in [9.17, 15) is 14.9 Å². The van der Waals surface area contributed by atoms with Gasteiger partial charge in [0, 0.05) is 17.8 Å². The molecule has 0 aromatic heterocycles. The molecule has 0 saturated heterocycles. The predicted octanol–water partition coefficient (Wildman–Crippen LogP) is 2.36. The Morgan fingerprint density at radius 2 is 2.24 bits per heavy atom. The zero-order valence-corrected chi connectivity index (χ0v) is 9.64. The third-order valence-electron chi connectivity index (χ3n) is 2.28. The van der Waals surface area contributed by atoms with Crippen molar-refractivity contribution in [2.45, 2.75) is 13.3 Å². The number of rotatable bonds is 2. The number of nitrogens with zero attached hydrogens (tertiary/aromatic N) is 3. The van der Waals surface area contributed by atoms with Crippen LogP contribution in [0.3, 0.4) is 0 Å². The molecule has 0 radical (unpaired) electrons. The Kier molecular flexibility index (Phi) is 2.81. The number of nitro groups is 1. The van der Waals surface area contributed by atoms with Gasteiger partial charge in [-0.05, 0) is 13.0 Å². The second kappa shape index (κ2) is 4.14. The molecule has 0 aliphatic carbocycles. The molecule has 2 rings (SSSR count). The van der Waals surface area contributed by atoms with Crippen LogP contribution in [0.1, 0.15) is 13.3 Å². The van der Waals surface area contributed by atoms with E-state index in [1.54, 1.807) is 6.92 Å². The van der Waals surface area contributed by atoms with Gasteiger partial charge in [-0.2, -0.15) is 10.1 Å². The van der Waals surface area contributed by atoms with E-state index in [0.717, 1.165) is 5.01 Å². The van der Waals surface area contributed by atoms with Crippen LogP contribution in [0.4, 0.5) is 11.4 Å². The number of hydrogen-bond acceptors (Lipinski definition) is 4. The molecule has 0 fully saturated rings. The molecule has 0 spiro atoms. The quantitative estimate of drug-likeness (QED) is 0.600. The van der Waals surface area contributed by atoms with Gasteiger partial charge in [-0.1, -0.05) is 11.6 Å². The number of carbonyl (C=O) groups is 1. The predicted molar refractivity (Wildman–Crippen MR) is 63.3 cm³/mol. The zero-order valence-electron chi connectivity index (χ0n) is 8.88. The normalized spacial score (nSPS) is 15.1. The number of hydrazone groups is 1. The molecular formula is C10H8ClN3O3. The molecule has 0 unspecified atom stereocenters. The van der Waals surface area contributed by atoms with Crippen LogP contribution in [0.5, 0.6) is 0 Å². The van der Waals surface area contributed by atoms with Crippen molar-refractivity contribution in [1.29, 1.82) is 0 Å². The lowest BCUT2D eigenvalue weighted by atomic mass is 10.2. The fourth-order valence-corrected chi connectivity index (χ4v) is 1.72. The first-order chi connectivity index (χ1) is 7.99. The Morgan fingerprint density at radius 3 is 2.76 bits per heavy atom. The molecule has 0 N–H and O–H groups in total. The molecule has 0 atom stereocenters. The average molecular weight is 254 g/mol. The first-order valence-corrected chi connectivity index (χ1v) is 5.18. The summed E-state index contributed by atoms with van der Waals surface area (Å²) >= 11 is 5.91. The topological polar surface area (TPSA) is 75.8 Å². The molecular weight excluding hydrogens is 246 g/mol. The molecule has 1 amide bonds. The van der Waals surface area contributed by atoms with Crippen LogP contribution < -0.4 is 5.01 Å². The maximum absolute atomic E-state index is 11.6. The van der Waals surface area contributed by atoms with E-state index in [1.807, 2.05) is 0 Å². The van der Waals surface area contributed by atoms with Gasteiger partial charge < -0.3 is 0 Å². The minimum Gasteiger partial charge on any atom is -0.272 e. The van der Waals surface area contributed by atoms with Gasteiger partial charge in [-0.3, -0.25) is 14.9 Å². The van der Waals surface area contributed by atoms with Gasteiger partial charge in [0.15, 0.2) is 0 Å². The smallest absolute Gasteiger partial charge is 0.271 e. The van der Waals surface area contributed by atoms with Gasteiger partial charge >= 0.3 is 0 Å². The van der Waals surface area contributed by atoms with Crippen molar-refractivity contribution >= 4 is 34.6 Å². The van der Waals surface area contributed by atoms with Gasteiger partial charge in [-0.15, -0.1) is 0 Å². The maximum Gasteiger partial charge on any atom is 0.271 e. The molecule has 1 heterocycles. The summed E-state index contributed by atoms with van der Waals surface area (Å²) < 4.78 is 0. The van der Waals surface area contributed by atoms with Crippen LogP contribution >= 0.6 is 11.6 Å². The highest BCUT2D eigenvalue weighted by molar-refractivity contribution is 6.34. The van der Waals surface area contributed by atoms with E-state index in [1.165, 1.54) is 18.2 Å². The minimum atomic E-state index is -0.545. The van der Waals surface area contributed by atoms with Crippen molar-refractivity contribution in [2.75, 3.05) is 5.01 Å². The highest BCUT2D eigenvalue weighted by Crippen LogP contribution is 2.32. The number of carbonyl (C=O) groups excluding carboxylic acids is 1. The monoisotopic (exact) mass is 253 g/mol. The van der Waals surface area contributed by atoms with E-state index < -0.39 is 4.92 Å². The molecule has 6 nitrogen and oxygen atoms in total. The molecule has 17 heavy (non-hydrogen) atoms. The van der Waals surface area contributed by atoms with Crippen LogP contribution in [0, 0.1) is 10.1 Å². The number of anilines is 1. The lowest BCUT2D eigenvalue weighted by Crippen LogP contribution is -2.20. The maximum atomic E-state index is 11.6. The largest absolute Gasteiger partial charge is 0.272 e. The summed E-state index contributed by atoms with van der Waals surface area (Å²) in [6.07, 6.45) is 0.207. The lowest BCUT2D eigenvalue weighted by Gasteiger charge is -2.12. The Labute approximate surface area is 102 Å². The van der Waals surface area contributed by atoms with Crippen molar-refractivity contribution in [1.82, 2.24) is 0 Å². The van der Waals surface area contributed by atoms with Crippen molar-refractivity contribution in [3.05, 3.63) is 33.3 Å². The summed E-state index contributed by atoms with van der Waals surface area (Å²) in [7, 11) is 0. The van der Waals surface area contributed by atoms with Crippen molar-refractivity contribution < 1.29 is 9.72 Å². The zero-order chi connectivity index (χ0) is 12.6. The van der Waals surface area contributed by atoms with E-state index in [-0.39, 0.29) is 28.7 Å². The van der Waals surface area contributed by atoms with Crippen LogP contribution in [0.25, 0.3) is 0 Å². The minimum absolute atomic E-state index is 0.128. The molecule has 1 aliphatic heterocycles. The number of non-ortho nitro benzene ring substituents is 1. The van der Waals surface area contributed by atoms with Crippen molar-refractivity contribution in [3.8, 4) is 0 Å². The Morgan fingerprint density at radius 1 is 1.53 bits per heavy atom. The molecule has 7 heteroatoms. The SMILES string of the molecule is CC1=NN(c2cc([N+](=O)[O-])ccc2Cl)C(=O)C1. The Balaban J connectivity index is 2.48. The molecule has 88 valence electrons. The molecule has 1 aliphatic rings. The van der Waals surface area contributed by atoms with Crippen molar-refractivity contribution in [2.24, 2.45) is 5.10 Å². The Hall–Kier alpha value is -1.95. The third kappa shape index (κ3) is 2.12. The number of nitro benzene ring substituents is 1. The van der Waals surface area contributed by atoms with E-state index in [2.05, 4.69) is 5.10 Å². The fraction of sp³-hybridized carbons (Fsp3) is 0.200. The number of halogens is 1. The van der Waals surface area contributed by atoms with Crippen LogP contribution in [-0.4, -0.2) is 16.5 Å². The highest BCUT2D eigenvalue weighted by atomic mass is 35.5. The number of benzene rings is 1. The first-order valence-electron chi connectivity index (χ1n) is 4.80. The van der Waals surface area contributed by atoms with E-state index in [0.29, 0.717) is 5.71 Å². The number of hydrogen-bond donors (Lipinski definition) is 0. The van der Waals surface area contributed by atoms with E-state index in [4.69, 9.17) is 11.6 Å². The van der Waals surface area contributed by atoms with Gasteiger partial charge in [0.2, 0.25) is 0 Å². The summed E-state index contributed by atoms with van der Waals surface area (Å²) in [6, 6.07) is 3.90. The summed E-state index contributed by atoms with van der Waals surface area (Å²) in [6.45, 7) is 1.71. The summed E-state index contributed by atoms with van der Waals surface area (Å²) in [5, 5.41) is 16.0. The van der Waals surface area contributed by atoms with Crippen LogP contribution in [-0.2, 0) is 4.79 Å². The highest BCUT2D eigenvalue weighted by Gasteiger charge is 2.26. The second-order valence-corrected chi connectivity index (χ2v) is 4.02. The lowest BCUT2D eigenvalue weighted by molar-refractivity contribution is -0.384. The molecule has 1 aromatic rings. The standard InChI is InChI=1S/C10H8ClN3O3/c1-6-4-10(15)13(12-6)9-5-7(14(16)17)2-3-8(9)11/h2-3,5H,4H2,1H3. The van der Waals surface area contributed by atoms with Crippen molar-refractivity contribution in [3.63, 3.8) is 0 Å². The fourth-order valence-electron chi connectivity index (χ4n) is 1.52. The average Bonchev–Trinajstić information content (AvgIpc) is 2.58. The van der Waals surface area contributed by atoms with Crippen LogP contribution in [0.2, 0.25) is 5.02 Å². The summed E-state index contributed by atoms with van der Waals surface area (Å²) in [4.78, 5) is 21.7. The van der Waals surface area contributed by atoms with Gasteiger partial charge in [0.05, 0.1) is 22.1 Å². The summed E-state index contributed by atoms with van der Waals surface area (Å²) in [5.74, 6) is -0.245. The molecule has 1 aromatic carbocycles. The number of amides is 1.